The van der Waals surface area contributed by atoms with E-state index in [4.69, 9.17) is 0 Å². The van der Waals surface area contributed by atoms with Gasteiger partial charge < -0.3 is 9.79 Å². The largest absolute Gasteiger partial charge is 0.357 e. The summed E-state index contributed by atoms with van der Waals surface area (Å²) in [6.45, 7) is 3.76. The second-order valence-electron chi connectivity index (χ2n) is 4.66. The molecule has 0 aliphatic carbocycles. The number of allylic oxidation sites excluding steroid dienone is 2. The summed E-state index contributed by atoms with van der Waals surface area (Å²) in [6, 6.07) is 5.44. The van der Waals surface area contributed by atoms with E-state index in [0.29, 0.717) is 30.3 Å². The average Bonchev–Trinajstić information content (AvgIpc) is 2.94. The molecule has 1 amide bonds. The van der Waals surface area contributed by atoms with Gasteiger partial charge in [0.05, 0.1) is 0 Å². The van der Waals surface area contributed by atoms with E-state index < -0.39 is 0 Å². The van der Waals surface area contributed by atoms with Crippen LogP contribution in [0.4, 0.5) is 5.82 Å². The van der Waals surface area contributed by atoms with Crippen LogP contribution in [-0.4, -0.2) is 33.0 Å². The van der Waals surface area contributed by atoms with E-state index in [0.717, 1.165) is 5.47 Å². The Hall–Kier alpha value is -2.70. The quantitative estimate of drug-likeness (QED) is 0.583. The van der Waals surface area contributed by atoms with Crippen molar-refractivity contribution < 1.29 is 4.79 Å². The van der Waals surface area contributed by atoms with Crippen molar-refractivity contribution in [3.63, 3.8) is 0 Å². The Kier molecular flexibility index (Phi) is 3.39. The van der Waals surface area contributed by atoms with Gasteiger partial charge in [0, 0.05) is 5.57 Å². The minimum atomic E-state index is -0.160. The molecule has 0 saturated carbocycles. The molecule has 0 atom stereocenters. The smallest absolute Gasteiger partial charge is 0.279 e. The maximum absolute atomic E-state index is 12.4. The lowest BCUT2D eigenvalue weighted by Gasteiger charge is -2.15. The number of pyridine rings is 1. The summed E-state index contributed by atoms with van der Waals surface area (Å²) >= 11 is 0. The van der Waals surface area contributed by atoms with Crippen LogP contribution in [-0.2, 0) is 4.79 Å². The van der Waals surface area contributed by atoms with Crippen molar-refractivity contribution >= 4 is 19.1 Å². The summed E-state index contributed by atoms with van der Waals surface area (Å²) < 4.78 is 1.89. The molecule has 6 nitrogen and oxygen atoms in total. The fourth-order valence-corrected chi connectivity index (χ4v) is 2.36. The summed E-state index contributed by atoms with van der Waals surface area (Å²) in [6.07, 6.45) is 5.39. The van der Waals surface area contributed by atoms with Gasteiger partial charge >= 0.3 is 0 Å². The number of rotatable bonds is 0. The highest BCUT2D eigenvalue weighted by Gasteiger charge is 2.20. The Balaban J connectivity index is 2.21. The highest BCUT2D eigenvalue weighted by Crippen LogP contribution is 2.21. The number of fused-ring (bicyclic) bond motifs is 4. The van der Waals surface area contributed by atoms with Gasteiger partial charge in [-0.2, -0.15) is 0 Å². The van der Waals surface area contributed by atoms with Gasteiger partial charge in [0.2, 0.25) is 0 Å². The lowest BCUT2D eigenvalue weighted by molar-refractivity contribution is -0.112. The van der Waals surface area contributed by atoms with Crippen molar-refractivity contribution in [3.8, 4) is 11.5 Å². The Morgan fingerprint density at radius 3 is 2.90 bits per heavy atom. The highest BCUT2D eigenvalue weighted by atomic mass is 16.1. The monoisotopic (exact) mass is 279 g/mol. The van der Waals surface area contributed by atoms with Crippen LogP contribution in [0.1, 0.15) is 13.8 Å². The summed E-state index contributed by atoms with van der Waals surface area (Å²) in [5.41, 5.74) is 2.23. The first-order valence-corrected chi connectivity index (χ1v) is 6.71. The Morgan fingerprint density at radius 1 is 1.29 bits per heavy atom. The third kappa shape index (κ3) is 2.38. The molecule has 0 unspecified atom stereocenters. The standard InChI is InChI=1S/C14H14BN5O/c1-3-9-10(4-2)15-20-8-16-19-13(20)11-6-5-7-12(17-11)18-14(9)21/h3-8,15H,1-2H3,(H,17,18,21)/b9-3+,10-4+. The first kappa shape index (κ1) is 13.3. The molecule has 1 N–H and O–H groups in total. The van der Waals surface area contributed by atoms with Crippen molar-refractivity contribution in [1.29, 1.82) is 0 Å². The number of carbonyl (C=O) groups excluding carboxylic acids is 1. The number of nitrogens with one attached hydrogen (secondary N) is 1. The van der Waals surface area contributed by atoms with Gasteiger partial charge in [-0.3, -0.25) is 4.79 Å². The fourth-order valence-electron chi connectivity index (χ4n) is 2.36. The van der Waals surface area contributed by atoms with Gasteiger partial charge in [0.25, 0.3) is 13.3 Å². The minimum Gasteiger partial charge on any atom is -0.357 e. The van der Waals surface area contributed by atoms with Crippen molar-refractivity contribution in [2.24, 2.45) is 0 Å². The van der Waals surface area contributed by atoms with Crippen LogP contribution in [0, 0.1) is 0 Å². The Bertz CT molecular complexity index is 762. The van der Waals surface area contributed by atoms with Gasteiger partial charge in [0.15, 0.2) is 5.82 Å². The van der Waals surface area contributed by atoms with Gasteiger partial charge in [-0.15, -0.1) is 10.2 Å². The van der Waals surface area contributed by atoms with E-state index in [1.54, 1.807) is 18.5 Å². The molecule has 0 aromatic carbocycles. The third-order valence-electron chi connectivity index (χ3n) is 3.40. The van der Waals surface area contributed by atoms with E-state index in [1.807, 2.05) is 36.5 Å². The lowest BCUT2D eigenvalue weighted by Crippen LogP contribution is -2.23. The van der Waals surface area contributed by atoms with Crippen LogP contribution in [0.2, 0.25) is 0 Å². The van der Waals surface area contributed by atoms with E-state index in [9.17, 15) is 4.79 Å². The molecule has 2 aromatic heterocycles. The summed E-state index contributed by atoms with van der Waals surface area (Å²) in [5, 5.41) is 10.9. The maximum Gasteiger partial charge on any atom is 0.279 e. The van der Waals surface area contributed by atoms with Crippen LogP contribution in [0.3, 0.4) is 0 Å². The molecule has 7 heteroatoms. The van der Waals surface area contributed by atoms with Crippen LogP contribution < -0.4 is 5.32 Å². The molecular formula is C14H14BN5O. The molecule has 1 aliphatic heterocycles. The molecule has 0 saturated heterocycles. The number of hydrogen-bond acceptors (Lipinski definition) is 4. The molecule has 104 valence electrons. The second kappa shape index (κ2) is 5.36. The second-order valence-corrected chi connectivity index (χ2v) is 4.66. The van der Waals surface area contributed by atoms with Crippen LogP contribution in [0.5, 0.6) is 0 Å². The van der Waals surface area contributed by atoms with Crippen molar-refractivity contribution in [3.05, 3.63) is 47.7 Å². The molecule has 2 aromatic rings. The number of anilines is 1. The van der Waals surface area contributed by atoms with Gasteiger partial charge in [-0.05, 0) is 26.0 Å². The normalized spacial score (nSPS) is 18.1. The number of aromatic nitrogens is 4. The van der Waals surface area contributed by atoms with E-state index in [-0.39, 0.29) is 5.91 Å². The van der Waals surface area contributed by atoms with Gasteiger partial charge in [-0.25, -0.2) is 4.98 Å². The van der Waals surface area contributed by atoms with Crippen molar-refractivity contribution in [2.45, 2.75) is 13.8 Å². The molecular weight excluding hydrogens is 265 g/mol. The first-order valence-electron chi connectivity index (χ1n) is 6.71. The Labute approximate surface area is 122 Å². The van der Waals surface area contributed by atoms with Gasteiger partial charge in [0.1, 0.15) is 17.8 Å². The zero-order chi connectivity index (χ0) is 14.8. The van der Waals surface area contributed by atoms with E-state index >= 15 is 0 Å². The third-order valence-corrected chi connectivity index (χ3v) is 3.40. The Morgan fingerprint density at radius 2 is 2.14 bits per heavy atom. The zero-order valence-electron chi connectivity index (χ0n) is 11.9. The molecule has 2 bridgehead atoms. The molecule has 0 fully saturated rings. The van der Waals surface area contributed by atoms with Crippen LogP contribution in [0.15, 0.2) is 47.7 Å². The zero-order valence-corrected chi connectivity index (χ0v) is 11.9. The summed E-state index contributed by atoms with van der Waals surface area (Å²) in [5.74, 6) is 1.03. The number of hydrogen-bond donors (Lipinski definition) is 1. The lowest BCUT2D eigenvalue weighted by atomic mass is 9.75. The molecule has 1 aliphatic rings. The number of nitrogens with zero attached hydrogens (tertiary/aromatic N) is 4. The molecule has 21 heavy (non-hydrogen) atoms. The van der Waals surface area contributed by atoms with E-state index in [2.05, 4.69) is 20.5 Å². The molecule has 0 spiro atoms. The predicted molar refractivity (Wildman–Crippen MR) is 81.9 cm³/mol. The fraction of sp³-hybridized carbons (Fsp3) is 0.143. The SMILES string of the molecule is C/C=C1/Bn2cnnc2-c2cccc(n2)NC(=O)/C1=C/C. The van der Waals surface area contributed by atoms with E-state index in [1.165, 1.54) is 0 Å². The first-order chi connectivity index (χ1) is 10.2. The maximum atomic E-state index is 12.4. The average molecular weight is 279 g/mol. The minimum absolute atomic E-state index is 0.160. The van der Waals surface area contributed by atoms with Crippen molar-refractivity contribution in [2.75, 3.05) is 5.32 Å². The molecule has 0 radical (unpaired) electrons. The van der Waals surface area contributed by atoms with Crippen molar-refractivity contribution in [1.82, 2.24) is 19.7 Å². The summed E-state index contributed by atoms with van der Waals surface area (Å²) in [4.78, 5) is 16.8. The summed E-state index contributed by atoms with van der Waals surface area (Å²) in [7, 11) is 0.526. The predicted octanol–water partition coefficient (Wildman–Crippen LogP) is 1.34. The number of amides is 1. The van der Waals surface area contributed by atoms with Crippen LogP contribution in [0.25, 0.3) is 11.5 Å². The topological polar surface area (TPSA) is 72.7 Å². The molecule has 3 heterocycles. The molecule has 3 rings (SSSR count). The highest BCUT2D eigenvalue weighted by molar-refractivity contribution is 6.48. The van der Waals surface area contributed by atoms with Gasteiger partial charge in [-0.1, -0.05) is 23.7 Å². The number of carbonyl (C=O) groups is 1. The van der Waals surface area contributed by atoms with Crippen LogP contribution >= 0.6 is 0 Å².